The molecule has 0 atom stereocenters. The summed E-state index contributed by atoms with van der Waals surface area (Å²) >= 11 is 0. The van der Waals surface area contributed by atoms with Crippen molar-refractivity contribution in [3.63, 3.8) is 0 Å². The Labute approximate surface area is 100 Å². The second kappa shape index (κ2) is 4.99. The molecule has 1 N–H and O–H groups in total. The van der Waals surface area contributed by atoms with Gasteiger partial charge in [-0.25, -0.2) is 0 Å². The quantitative estimate of drug-likeness (QED) is 0.646. The minimum atomic E-state index is -0.585. The van der Waals surface area contributed by atoms with E-state index in [4.69, 9.17) is 4.74 Å². The summed E-state index contributed by atoms with van der Waals surface area (Å²) < 4.78 is 5.08. The maximum Gasteiger partial charge on any atom is 0.311 e. The van der Waals surface area contributed by atoms with Gasteiger partial charge in [-0.1, -0.05) is 12.1 Å². The Hall–Kier alpha value is -1.84. The van der Waals surface area contributed by atoms with E-state index in [-0.39, 0.29) is 23.9 Å². The number of esters is 1. The van der Waals surface area contributed by atoms with Crippen molar-refractivity contribution < 1.29 is 19.4 Å². The second-order valence-corrected chi connectivity index (χ2v) is 4.79. The van der Waals surface area contributed by atoms with Gasteiger partial charge in [0.15, 0.2) is 6.29 Å². The van der Waals surface area contributed by atoms with Crippen molar-refractivity contribution >= 4 is 12.3 Å². The summed E-state index contributed by atoms with van der Waals surface area (Å²) in [7, 11) is 0. The Balaban J connectivity index is 2.80. The lowest BCUT2D eigenvalue weighted by Crippen LogP contribution is -2.22. The van der Waals surface area contributed by atoms with Crippen molar-refractivity contribution in [3.8, 4) is 5.75 Å². The molecule has 0 fully saturated rings. The van der Waals surface area contributed by atoms with Gasteiger partial charge in [-0.05, 0) is 26.8 Å². The van der Waals surface area contributed by atoms with Crippen LogP contribution in [0.5, 0.6) is 5.75 Å². The van der Waals surface area contributed by atoms with E-state index in [1.807, 2.05) is 0 Å². The number of rotatable bonds is 3. The first-order chi connectivity index (χ1) is 7.86. The van der Waals surface area contributed by atoms with Gasteiger partial charge in [0.05, 0.1) is 11.0 Å². The smallest absolute Gasteiger partial charge is 0.311 e. The van der Waals surface area contributed by atoms with Crippen molar-refractivity contribution in [3.05, 3.63) is 29.3 Å². The fourth-order valence-electron chi connectivity index (χ4n) is 1.22. The number of carbonyl (C=O) groups excluding carboxylic acids is 2. The average Bonchev–Trinajstić information content (AvgIpc) is 2.24. The Bertz CT molecular complexity index is 430. The third-order valence-corrected chi connectivity index (χ3v) is 2.26. The highest BCUT2D eigenvalue weighted by Gasteiger charge is 2.23. The first-order valence-electron chi connectivity index (χ1n) is 5.29. The van der Waals surface area contributed by atoms with Crippen LogP contribution in [-0.4, -0.2) is 17.4 Å². The highest BCUT2D eigenvalue weighted by Crippen LogP contribution is 2.21. The maximum absolute atomic E-state index is 11.5. The molecule has 0 saturated carbocycles. The lowest BCUT2D eigenvalue weighted by Gasteiger charge is -2.17. The predicted octanol–water partition coefficient (Wildman–Crippen LogP) is 2.29. The molecule has 0 radical (unpaired) electrons. The van der Waals surface area contributed by atoms with Crippen molar-refractivity contribution in [2.45, 2.75) is 27.4 Å². The van der Waals surface area contributed by atoms with Crippen LogP contribution in [0.2, 0.25) is 0 Å². The molecule has 4 nitrogen and oxygen atoms in total. The summed E-state index contributed by atoms with van der Waals surface area (Å²) in [5, 5.41) is 9.44. The zero-order valence-corrected chi connectivity index (χ0v) is 10.2. The van der Waals surface area contributed by atoms with Gasteiger partial charge in [-0.15, -0.1) is 0 Å². The molecule has 0 aliphatic heterocycles. The maximum atomic E-state index is 11.5. The van der Waals surface area contributed by atoms with Gasteiger partial charge >= 0.3 is 5.97 Å². The van der Waals surface area contributed by atoms with Gasteiger partial charge in [-0.2, -0.15) is 0 Å². The molecule has 0 amide bonds. The molecule has 0 unspecified atom stereocenters. The fourth-order valence-corrected chi connectivity index (χ4v) is 1.22. The van der Waals surface area contributed by atoms with Crippen LogP contribution in [0.25, 0.3) is 0 Å². The molecule has 92 valence electrons. The number of aromatic hydroxyl groups is 1. The minimum absolute atomic E-state index is 0.0153. The van der Waals surface area contributed by atoms with Gasteiger partial charge in [0, 0.05) is 5.56 Å². The summed E-state index contributed by atoms with van der Waals surface area (Å²) in [6.45, 7) is 5.23. The number of phenolic OH excluding ortho intramolecular Hbond substituents is 1. The predicted molar refractivity (Wildman–Crippen MR) is 62.7 cm³/mol. The standard InChI is InChI=1S/C13H16O4/c1-13(2,3)12(16)17-8-9-5-4-6-11(15)10(9)7-14/h4-7,15H,8H2,1-3H3. The van der Waals surface area contributed by atoms with Crippen molar-refractivity contribution in [2.75, 3.05) is 0 Å². The molecule has 0 aromatic heterocycles. The van der Waals surface area contributed by atoms with Gasteiger partial charge in [0.25, 0.3) is 0 Å². The van der Waals surface area contributed by atoms with E-state index in [0.717, 1.165) is 0 Å². The van der Waals surface area contributed by atoms with Crippen LogP contribution < -0.4 is 0 Å². The van der Waals surface area contributed by atoms with E-state index in [0.29, 0.717) is 11.8 Å². The largest absolute Gasteiger partial charge is 0.507 e. The summed E-state index contributed by atoms with van der Waals surface area (Å²) in [4.78, 5) is 22.3. The normalized spacial score (nSPS) is 11.0. The molecule has 4 heteroatoms. The zero-order valence-electron chi connectivity index (χ0n) is 10.2. The molecule has 0 aliphatic rings. The topological polar surface area (TPSA) is 63.6 Å². The number of hydrogen-bond acceptors (Lipinski definition) is 4. The van der Waals surface area contributed by atoms with E-state index in [2.05, 4.69) is 0 Å². The SMILES string of the molecule is CC(C)(C)C(=O)OCc1cccc(O)c1C=O. The Morgan fingerprint density at radius 3 is 2.59 bits per heavy atom. The minimum Gasteiger partial charge on any atom is -0.507 e. The van der Waals surface area contributed by atoms with Crippen LogP contribution in [-0.2, 0) is 16.1 Å². The number of benzene rings is 1. The number of hydrogen-bond donors (Lipinski definition) is 1. The molecule has 0 bridgehead atoms. The van der Waals surface area contributed by atoms with E-state index in [1.54, 1.807) is 32.9 Å². The van der Waals surface area contributed by atoms with Crippen LogP contribution in [0, 0.1) is 5.41 Å². The van der Waals surface area contributed by atoms with E-state index in [9.17, 15) is 14.7 Å². The van der Waals surface area contributed by atoms with Crippen LogP contribution in [0.3, 0.4) is 0 Å². The summed E-state index contributed by atoms with van der Waals surface area (Å²) in [5.41, 5.74) is 0.0739. The monoisotopic (exact) mass is 236 g/mol. The zero-order chi connectivity index (χ0) is 13.1. The average molecular weight is 236 g/mol. The van der Waals surface area contributed by atoms with Gasteiger partial charge in [-0.3, -0.25) is 9.59 Å². The first kappa shape index (κ1) is 13.2. The number of carbonyl (C=O) groups is 2. The fraction of sp³-hybridized carbons (Fsp3) is 0.385. The van der Waals surface area contributed by atoms with Crippen LogP contribution >= 0.6 is 0 Å². The third-order valence-electron chi connectivity index (χ3n) is 2.26. The van der Waals surface area contributed by atoms with E-state index >= 15 is 0 Å². The van der Waals surface area contributed by atoms with Gasteiger partial charge < -0.3 is 9.84 Å². The lowest BCUT2D eigenvalue weighted by atomic mass is 9.97. The summed E-state index contributed by atoms with van der Waals surface area (Å²) in [6, 6.07) is 4.65. The first-order valence-corrected chi connectivity index (χ1v) is 5.29. The molecule has 0 saturated heterocycles. The number of aldehydes is 1. The highest BCUT2D eigenvalue weighted by atomic mass is 16.5. The van der Waals surface area contributed by atoms with Gasteiger partial charge in [0.1, 0.15) is 12.4 Å². The Kier molecular flexibility index (Phi) is 3.89. The highest BCUT2D eigenvalue weighted by molar-refractivity contribution is 5.81. The van der Waals surface area contributed by atoms with Crippen LogP contribution in [0.1, 0.15) is 36.7 Å². The third kappa shape index (κ3) is 3.31. The van der Waals surface area contributed by atoms with Crippen molar-refractivity contribution in [1.82, 2.24) is 0 Å². The molecule has 0 aliphatic carbocycles. The van der Waals surface area contributed by atoms with Gasteiger partial charge in [0.2, 0.25) is 0 Å². The molecular weight excluding hydrogens is 220 g/mol. The van der Waals surface area contributed by atoms with Crippen molar-refractivity contribution in [1.29, 1.82) is 0 Å². The molecule has 0 heterocycles. The second-order valence-electron chi connectivity index (χ2n) is 4.79. The summed E-state index contributed by atoms with van der Waals surface area (Å²) in [5.74, 6) is -0.456. The Morgan fingerprint density at radius 2 is 2.06 bits per heavy atom. The van der Waals surface area contributed by atoms with Crippen molar-refractivity contribution in [2.24, 2.45) is 5.41 Å². The summed E-state index contributed by atoms with van der Waals surface area (Å²) in [6.07, 6.45) is 0.551. The number of phenols is 1. The number of ether oxygens (including phenoxy) is 1. The van der Waals surface area contributed by atoms with E-state index in [1.165, 1.54) is 6.07 Å². The molecule has 1 aromatic carbocycles. The molecule has 1 rings (SSSR count). The lowest BCUT2D eigenvalue weighted by molar-refractivity contribution is -0.154. The molecule has 0 spiro atoms. The van der Waals surface area contributed by atoms with E-state index < -0.39 is 5.41 Å². The molecule has 17 heavy (non-hydrogen) atoms. The Morgan fingerprint density at radius 1 is 1.41 bits per heavy atom. The van der Waals surface area contributed by atoms with Crippen LogP contribution in [0.15, 0.2) is 18.2 Å². The molecule has 1 aromatic rings. The van der Waals surface area contributed by atoms with Crippen LogP contribution in [0.4, 0.5) is 0 Å². The molecular formula is C13H16O4.